The Labute approximate surface area is 120 Å². The average molecular weight is 306 g/mol. The molecule has 1 aliphatic heterocycles. The van der Waals surface area contributed by atoms with Gasteiger partial charge in [-0.15, -0.1) is 11.3 Å². The van der Waals surface area contributed by atoms with E-state index >= 15 is 0 Å². The van der Waals surface area contributed by atoms with Crippen LogP contribution in [0.15, 0.2) is 0 Å². The van der Waals surface area contributed by atoms with Gasteiger partial charge < -0.3 is 14.2 Å². The van der Waals surface area contributed by atoms with Crippen LogP contribution in [-0.4, -0.2) is 29.5 Å². The monoisotopic (exact) mass is 305 g/mol. The summed E-state index contributed by atoms with van der Waals surface area (Å²) in [5.74, 6) is -1.27. The lowest BCUT2D eigenvalue weighted by Crippen LogP contribution is -2.29. The van der Waals surface area contributed by atoms with Crippen molar-refractivity contribution in [3.05, 3.63) is 15.0 Å². The number of thiazole rings is 1. The largest absolute Gasteiger partial charge is 0.464 e. The lowest BCUT2D eigenvalue weighted by Gasteiger charge is -2.16. The molecule has 0 bridgehead atoms. The lowest BCUT2D eigenvalue weighted by atomic mass is 10.1. The molecule has 1 aromatic heterocycles. The molecule has 0 spiro atoms. The summed E-state index contributed by atoms with van der Waals surface area (Å²) in [7, 11) is 0. The van der Waals surface area contributed by atoms with E-state index in [2.05, 4.69) is 4.98 Å². The van der Waals surface area contributed by atoms with Crippen LogP contribution in [0.5, 0.6) is 0 Å². The second-order valence-electron chi connectivity index (χ2n) is 4.65. The van der Waals surface area contributed by atoms with Crippen molar-refractivity contribution in [1.82, 2.24) is 4.98 Å². The molecule has 5 nitrogen and oxygen atoms in total. The second kappa shape index (κ2) is 5.36. The Hall–Kier alpha value is -0.690. The Bertz CT molecular complexity index is 488. The Morgan fingerprint density at radius 3 is 2.74 bits per heavy atom. The van der Waals surface area contributed by atoms with Crippen molar-refractivity contribution >= 4 is 28.9 Å². The predicted molar refractivity (Wildman–Crippen MR) is 71.3 cm³/mol. The zero-order valence-electron chi connectivity index (χ0n) is 11.2. The van der Waals surface area contributed by atoms with Crippen molar-refractivity contribution in [2.75, 3.05) is 6.61 Å². The van der Waals surface area contributed by atoms with Gasteiger partial charge in [-0.2, -0.15) is 0 Å². The van der Waals surface area contributed by atoms with Crippen molar-refractivity contribution in [2.24, 2.45) is 0 Å². The first kappa shape index (κ1) is 14.7. The summed E-state index contributed by atoms with van der Waals surface area (Å²) >= 11 is 7.19. The van der Waals surface area contributed by atoms with Crippen molar-refractivity contribution in [3.8, 4) is 0 Å². The number of carbonyl (C=O) groups is 1. The van der Waals surface area contributed by atoms with Gasteiger partial charge in [-0.05, 0) is 27.7 Å². The van der Waals surface area contributed by atoms with Crippen LogP contribution in [-0.2, 0) is 19.0 Å². The highest BCUT2D eigenvalue weighted by atomic mass is 35.5. The van der Waals surface area contributed by atoms with Gasteiger partial charge in [0.25, 0.3) is 0 Å². The van der Waals surface area contributed by atoms with E-state index in [4.69, 9.17) is 25.8 Å². The Morgan fingerprint density at radius 2 is 2.21 bits per heavy atom. The zero-order chi connectivity index (χ0) is 14.2. The third-order valence-electron chi connectivity index (χ3n) is 2.68. The minimum atomic E-state index is -0.842. The van der Waals surface area contributed by atoms with E-state index in [0.29, 0.717) is 11.1 Å². The van der Waals surface area contributed by atoms with E-state index in [1.807, 2.05) is 6.92 Å². The first-order chi connectivity index (χ1) is 8.84. The maximum atomic E-state index is 12.0. The fraction of sp³-hybridized carbons (Fsp3) is 0.667. The van der Waals surface area contributed by atoms with Gasteiger partial charge in [-0.1, -0.05) is 11.6 Å². The molecule has 106 valence electrons. The van der Waals surface area contributed by atoms with Crippen LogP contribution >= 0.6 is 22.9 Å². The number of carbonyl (C=O) groups excluding carboxylic acids is 1. The van der Waals surface area contributed by atoms with Gasteiger partial charge in [0.2, 0.25) is 0 Å². The highest BCUT2D eigenvalue weighted by molar-refractivity contribution is 7.15. The number of hydrogen-bond donors (Lipinski definition) is 0. The summed E-state index contributed by atoms with van der Waals surface area (Å²) in [6, 6.07) is 0. The SMILES string of the molecule is CCOC(=O)[C@H]1OC(C)(C)O[C@H]1c1sc(Cl)nc1C. The quantitative estimate of drug-likeness (QED) is 0.804. The molecule has 0 radical (unpaired) electrons. The van der Waals surface area contributed by atoms with E-state index in [1.54, 1.807) is 20.8 Å². The van der Waals surface area contributed by atoms with Gasteiger partial charge in [-0.3, -0.25) is 0 Å². The van der Waals surface area contributed by atoms with Crippen molar-refractivity contribution in [2.45, 2.75) is 45.7 Å². The first-order valence-corrected chi connectivity index (χ1v) is 7.18. The fourth-order valence-corrected chi connectivity index (χ4v) is 3.21. The van der Waals surface area contributed by atoms with Crippen LogP contribution in [0.2, 0.25) is 4.47 Å². The Kier molecular flexibility index (Phi) is 4.15. The molecule has 0 aliphatic carbocycles. The molecular weight excluding hydrogens is 290 g/mol. The molecule has 0 amide bonds. The molecule has 2 rings (SSSR count). The van der Waals surface area contributed by atoms with Gasteiger partial charge in [0.05, 0.1) is 17.2 Å². The normalized spacial score (nSPS) is 25.5. The molecular formula is C12H16ClNO4S. The van der Waals surface area contributed by atoms with Gasteiger partial charge >= 0.3 is 5.97 Å². The summed E-state index contributed by atoms with van der Waals surface area (Å²) in [6.45, 7) is 7.40. The van der Waals surface area contributed by atoms with E-state index in [-0.39, 0.29) is 0 Å². The van der Waals surface area contributed by atoms with E-state index < -0.39 is 24.0 Å². The van der Waals surface area contributed by atoms with Crippen molar-refractivity contribution in [3.63, 3.8) is 0 Å². The number of ether oxygens (including phenoxy) is 3. The van der Waals surface area contributed by atoms with Gasteiger partial charge in [0.15, 0.2) is 16.4 Å². The van der Waals surface area contributed by atoms with Crippen molar-refractivity contribution < 1.29 is 19.0 Å². The number of nitrogens with zero attached hydrogens (tertiary/aromatic N) is 1. The first-order valence-electron chi connectivity index (χ1n) is 5.99. The number of esters is 1. The minimum absolute atomic E-state index is 0.300. The number of rotatable bonds is 3. The summed E-state index contributed by atoms with van der Waals surface area (Å²) in [4.78, 5) is 16.9. The molecule has 1 saturated heterocycles. The van der Waals surface area contributed by atoms with Crippen LogP contribution in [0.4, 0.5) is 0 Å². The highest BCUT2D eigenvalue weighted by Crippen LogP contribution is 2.42. The molecule has 0 unspecified atom stereocenters. The van der Waals surface area contributed by atoms with Crippen LogP contribution < -0.4 is 0 Å². The van der Waals surface area contributed by atoms with E-state index in [9.17, 15) is 4.79 Å². The topological polar surface area (TPSA) is 57.7 Å². The third kappa shape index (κ3) is 3.08. The van der Waals surface area contributed by atoms with Crippen LogP contribution in [0, 0.1) is 6.92 Å². The van der Waals surface area contributed by atoms with Crippen LogP contribution in [0.25, 0.3) is 0 Å². The average Bonchev–Trinajstić information content (AvgIpc) is 2.78. The molecule has 0 saturated carbocycles. The number of aromatic nitrogens is 1. The molecule has 2 heterocycles. The van der Waals surface area contributed by atoms with Crippen LogP contribution in [0.3, 0.4) is 0 Å². The van der Waals surface area contributed by atoms with E-state index in [1.165, 1.54) is 11.3 Å². The fourth-order valence-electron chi connectivity index (χ4n) is 1.99. The Balaban J connectivity index is 2.30. The third-order valence-corrected chi connectivity index (χ3v) is 4.00. The Morgan fingerprint density at radius 1 is 1.53 bits per heavy atom. The van der Waals surface area contributed by atoms with Gasteiger partial charge in [-0.25, -0.2) is 9.78 Å². The molecule has 2 atom stereocenters. The van der Waals surface area contributed by atoms with E-state index in [0.717, 1.165) is 10.6 Å². The molecule has 19 heavy (non-hydrogen) atoms. The standard InChI is InChI=1S/C12H16ClNO4S/c1-5-16-10(15)8-7(17-12(3,4)18-8)9-6(2)14-11(13)19-9/h7-8H,5H2,1-4H3/t7-,8+/m1/s1. The van der Waals surface area contributed by atoms with Gasteiger partial charge in [0, 0.05) is 0 Å². The molecule has 1 aliphatic rings. The molecule has 0 N–H and O–H groups in total. The lowest BCUT2D eigenvalue weighted by molar-refractivity contribution is -0.170. The summed E-state index contributed by atoms with van der Waals surface area (Å²) in [6.07, 6.45) is -1.32. The summed E-state index contributed by atoms with van der Waals surface area (Å²) < 4.78 is 16.9. The number of hydrogen-bond acceptors (Lipinski definition) is 6. The zero-order valence-corrected chi connectivity index (χ0v) is 12.8. The molecule has 7 heteroatoms. The van der Waals surface area contributed by atoms with Crippen molar-refractivity contribution in [1.29, 1.82) is 0 Å². The maximum Gasteiger partial charge on any atom is 0.338 e. The number of halogens is 1. The minimum Gasteiger partial charge on any atom is -0.464 e. The highest BCUT2D eigenvalue weighted by Gasteiger charge is 2.48. The van der Waals surface area contributed by atoms with Crippen LogP contribution in [0.1, 0.15) is 37.4 Å². The summed E-state index contributed by atoms with van der Waals surface area (Å²) in [5.41, 5.74) is 0.746. The summed E-state index contributed by atoms with van der Waals surface area (Å²) in [5, 5.41) is 0. The molecule has 1 fully saturated rings. The smallest absolute Gasteiger partial charge is 0.338 e. The van der Waals surface area contributed by atoms with Gasteiger partial charge in [0.1, 0.15) is 6.10 Å². The maximum absolute atomic E-state index is 12.0. The molecule has 0 aromatic carbocycles. The second-order valence-corrected chi connectivity index (χ2v) is 6.26. The molecule has 1 aromatic rings. The predicted octanol–water partition coefficient (Wildman–Crippen LogP) is 2.86. The number of aryl methyl sites for hydroxylation is 1.